The van der Waals surface area contributed by atoms with E-state index < -0.39 is 12.2 Å². The van der Waals surface area contributed by atoms with Gasteiger partial charge in [-0.3, -0.25) is 4.90 Å². The number of likely N-dealkylation sites (tertiary alicyclic amines) is 1. The zero-order valence-electron chi connectivity index (χ0n) is 15.6. The van der Waals surface area contributed by atoms with Crippen LogP contribution in [0.1, 0.15) is 48.0 Å². The van der Waals surface area contributed by atoms with Gasteiger partial charge in [0.2, 0.25) is 0 Å². The molecule has 144 valence electrons. The number of β-amino-alcohol motifs (C(OH)–C–C–N with tert-alkyl or cyclic N) is 1. The Kier molecular flexibility index (Phi) is 4.28. The maximum Gasteiger partial charge on any atom is 0.410 e. The van der Waals surface area contributed by atoms with Gasteiger partial charge in [0.1, 0.15) is 12.3 Å². The number of carbonyl (C=O) groups excluding carboxylic acids is 1. The van der Waals surface area contributed by atoms with Gasteiger partial charge in [-0.15, -0.1) is 0 Å². The van der Waals surface area contributed by atoms with Crippen LogP contribution in [0.2, 0.25) is 0 Å². The van der Waals surface area contributed by atoms with Gasteiger partial charge in [-0.1, -0.05) is 36.4 Å². The Morgan fingerprint density at radius 2 is 1.96 bits per heavy atom. The lowest BCUT2D eigenvalue weighted by Gasteiger charge is -2.22. The smallest absolute Gasteiger partial charge is 0.410 e. The van der Waals surface area contributed by atoms with E-state index in [1.807, 2.05) is 47.0 Å². The van der Waals surface area contributed by atoms with Gasteiger partial charge in [-0.25, -0.2) is 9.78 Å². The summed E-state index contributed by atoms with van der Waals surface area (Å²) in [5, 5.41) is 10.2. The Morgan fingerprint density at radius 1 is 1.14 bits per heavy atom. The van der Waals surface area contributed by atoms with Crippen molar-refractivity contribution in [3.05, 3.63) is 71.7 Å². The second-order valence-corrected chi connectivity index (χ2v) is 7.77. The van der Waals surface area contributed by atoms with Crippen LogP contribution in [0, 0.1) is 0 Å². The Bertz CT molecular complexity index is 997. The highest BCUT2D eigenvalue weighted by Gasteiger charge is 2.38. The summed E-state index contributed by atoms with van der Waals surface area (Å²) in [4.78, 5) is 19.0. The maximum absolute atomic E-state index is 12.7. The van der Waals surface area contributed by atoms with E-state index in [0.717, 1.165) is 16.9 Å². The van der Waals surface area contributed by atoms with E-state index >= 15 is 0 Å². The lowest BCUT2D eigenvalue weighted by Crippen LogP contribution is -2.32. The van der Waals surface area contributed by atoms with Crippen molar-refractivity contribution < 1.29 is 14.6 Å². The minimum absolute atomic E-state index is 0.217. The van der Waals surface area contributed by atoms with E-state index in [2.05, 4.69) is 12.3 Å². The van der Waals surface area contributed by atoms with Gasteiger partial charge < -0.3 is 14.2 Å². The molecule has 28 heavy (non-hydrogen) atoms. The Labute approximate surface area is 163 Å². The topological polar surface area (TPSA) is 67.1 Å². The molecule has 2 aliphatic rings. The third-order valence-electron chi connectivity index (χ3n) is 5.60. The number of imidazole rings is 1. The summed E-state index contributed by atoms with van der Waals surface area (Å²) >= 11 is 0. The molecular formula is C22H23N3O3. The van der Waals surface area contributed by atoms with Gasteiger partial charge in [0.25, 0.3) is 0 Å². The molecule has 1 amide bonds. The fourth-order valence-corrected chi connectivity index (χ4v) is 3.95. The zero-order valence-corrected chi connectivity index (χ0v) is 15.6. The molecule has 0 unspecified atom stereocenters. The lowest BCUT2D eigenvalue weighted by atomic mass is 10.1. The molecule has 0 radical (unpaired) electrons. The van der Waals surface area contributed by atoms with Crippen LogP contribution < -0.4 is 0 Å². The fraction of sp³-hybridized carbons (Fsp3) is 0.364. The molecule has 3 heterocycles. The monoisotopic (exact) mass is 377 g/mol. The van der Waals surface area contributed by atoms with Crippen LogP contribution in [0.25, 0.3) is 5.65 Å². The van der Waals surface area contributed by atoms with Crippen LogP contribution in [-0.2, 0) is 11.3 Å². The Morgan fingerprint density at radius 3 is 2.75 bits per heavy atom. The number of amides is 1. The first-order valence-electron chi connectivity index (χ1n) is 9.81. The zero-order chi connectivity index (χ0) is 19.1. The van der Waals surface area contributed by atoms with Gasteiger partial charge in [-0.05, 0) is 36.0 Å². The fourth-order valence-electron chi connectivity index (χ4n) is 3.95. The molecule has 3 aromatic rings. The molecule has 1 aromatic carbocycles. The first kappa shape index (κ1) is 17.3. The van der Waals surface area contributed by atoms with E-state index in [0.29, 0.717) is 12.3 Å². The molecule has 6 heteroatoms. The summed E-state index contributed by atoms with van der Waals surface area (Å²) in [6.45, 7) is 0.481. The average molecular weight is 377 g/mol. The van der Waals surface area contributed by atoms with Crippen LogP contribution in [0.5, 0.6) is 0 Å². The average Bonchev–Trinajstić information content (AvgIpc) is 3.36. The number of aliphatic hydroxyl groups excluding tert-OH is 1. The quantitative estimate of drug-likeness (QED) is 0.754. The molecule has 1 aliphatic carbocycles. The van der Waals surface area contributed by atoms with E-state index in [1.54, 1.807) is 4.90 Å². The number of rotatable bonds is 4. The molecule has 1 saturated carbocycles. The number of pyridine rings is 1. The third kappa shape index (κ3) is 3.36. The first-order chi connectivity index (χ1) is 13.7. The summed E-state index contributed by atoms with van der Waals surface area (Å²) in [7, 11) is 0. The van der Waals surface area contributed by atoms with E-state index in [9.17, 15) is 9.90 Å². The Hall–Kier alpha value is -2.86. The number of hydrogen-bond acceptors (Lipinski definition) is 4. The number of hydrogen-bond donors (Lipinski definition) is 1. The van der Waals surface area contributed by atoms with E-state index in [-0.39, 0.29) is 19.2 Å². The molecule has 0 bridgehead atoms. The summed E-state index contributed by atoms with van der Waals surface area (Å²) < 4.78 is 7.52. The highest BCUT2D eigenvalue weighted by atomic mass is 16.6. The third-order valence-corrected chi connectivity index (χ3v) is 5.60. The van der Waals surface area contributed by atoms with E-state index in [1.165, 1.54) is 18.4 Å². The van der Waals surface area contributed by atoms with Crippen LogP contribution in [0.3, 0.4) is 0 Å². The molecule has 0 spiro atoms. The standard InChI is InChI=1S/C22H23N3O3/c26-18-10-20(25(12-18)22(27)28-14-15-4-2-1-3-5-15)19-13-24-11-17(16-6-7-16)8-9-21(24)23-19/h1-5,8-9,11,13,16,18,20,26H,6-7,10,12,14H2/t18-,20+/m0/s1. The van der Waals surface area contributed by atoms with Crippen molar-refractivity contribution in [3.8, 4) is 0 Å². The van der Waals surface area contributed by atoms with Gasteiger partial charge >= 0.3 is 6.09 Å². The van der Waals surface area contributed by atoms with Crippen LogP contribution in [0.4, 0.5) is 4.79 Å². The van der Waals surface area contributed by atoms with Gasteiger partial charge in [-0.2, -0.15) is 0 Å². The van der Waals surface area contributed by atoms with Crippen molar-refractivity contribution in [1.82, 2.24) is 14.3 Å². The van der Waals surface area contributed by atoms with Crippen molar-refractivity contribution >= 4 is 11.7 Å². The van der Waals surface area contributed by atoms with Crippen LogP contribution >= 0.6 is 0 Å². The van der Waals surface area contributed by atoms with Crippen molar-refractivity contribution in [2.45, 2.75) is 43.9 Å². The van der Waals surface area contributed by atoms with Gasteiger partial charge in [0.05, 0.1) is 24.4 Å². The maximum atomic E-state index is 12.7. The molecule has 2 fully saturated rings. The highest BCUT2D eigenvalue weighted by molar-refractivity contribution is 5.69. The Balaban J connectivity index is 1.35. The second-order valence-electron chi connectivity index (χ2n) is 7.77. The molecule has 1 N–H and O–H groups in total. The number of carbonyl (C=O) groups is 1. The van der Waals surface area contributed by atoms with E-state index in [4.69, 9.17) is 9.72 Å². The summed E-state index contributed by atoms with van der Waals surface area (Å²) in [6.07, 6.45) is 6.10. The molecule has 1 aliphatic heterocycles. The molecular weight excluding hydrogens is 354 g/mol. The van der Waals surface area contributed by atoms with Gasteiger partial charge in [0.15, 0.2) is 0 Å². The molecule has 2 atom stereocenters. The molecule has 2 aromatic heterocycles. The number of fused-ring (bicyclic) bond motifs is 1. The number of nitrogens with zero attached hydrogens (tertiary/aromatic N) is 3. The predicted octanol–water partition coefficient (Wildman–Crippen LogP) is 3.66. The first-order valence-corrected chi connectivity index (χ1v) is 9.81. The predicted molar refractivity (Wildman–Crippen MR) is 104 cm³/mol. The van der Waals surface area contributed by atoms with Crippen LogP contribution in [0.15, 0.2) is 54.9 Å². The summed E-state index contributed by atoms with van der Waals surface area (Å²) in [5.74, 6) is 0.674. The van der Waals surface area contributed by atoms with Crippen molar-refractivity contribution in [1.29, 1.82) is 0 Å². The van der Waals surface area contributed by atoms with Gasteiger partial charge in [0, 0.05) is 18.8 Å². The summed E-state index contributed by atoms with van der Waals surface area (Å²) in [5.41, 5.74) is 3.93. The van der Waals surface area contributed by atoms with Crippen molar-refractivity contribution in [2.24, 2.45) is 0 Å². The SMILES string of the molecule is O=C(OCc1ccccc1)N1C[C@@H](O)C[C@@H]1c1cn2cc(C3CC3)ccc2n1. The minimum Gasteiger partial charge on any atom is -0.445 e. The number of ether oxygens (including phenoxy) is 1. The lowest BCUT2D eigenvalue weighted by molar-refractivity contribution is 0.0872. The van der Waals surface area contributed by atoms with Crippen LogP contribution in [-0.4, -0.2) is 38.1 Å². The molecule has 1 saturated heterocycles. The highest BCUT2D eigenvalue weighted by Crippen LogP contribution is 2.40. The minimum atomic E-state index is -0.568. The summed E-state index contributed by atoms with van der Waals surface area (Å²) in [6, 6.07) is 13.5. The number of aromatic nitrogens is 2. The molecule has 6 nitrogen and oxygen atoms in total. The second kappa shape index (κ2) is 6.95. The largest absolute Gasteiger partial charge is 0.445 e. The molecule has 5 rings (SSSR count). The number of aliphatic hydroxyl groups is 1. The number of benzene rings is 1. The van der Waals surface area contributed by atoms with Crippen molar-refractivity contribution in [2.75, 3.05) is 6.54 Å². The normalized spacial score (nSPS) is 22.0. The van der Waals surface area contributed by atoms with Crippen molar-refractivity contribution in [3.63, 3.8) is 0 Å².